The Morgan fingerprint density at radius 1 is 1.39 bits per heavy atom. The molecule has 0 unspecified atom stereocenters. The molecule has 1 aromatic heterocycles. The van der Waals surface area contributed by atoms with E-state index in [2.05, 4.69) is 31.9 Å². The lowest BCUT2D eigenvalue weighted by Crippen LogP contribution is -2.22. The second-order valence-corrected chi connectivity index (χ2v) is 6.06. The zero-order valence-corrected chi connectivity index (χ0v) is 11.8. The maximum absolute atomic E-state index is 11.7. The molecule has 18 heavy (non-hydrogen) atoms. The molecule has 0 atom stereocenters. The van der Waals surface area contributed by atoms with Gasteiger partial charge in [-0.3, -0.25) is 9.48 Å². The van der Waals surface area contributed by atoms with Crippen LogP contribution in [0.25, 0.3) is 0 Å². The first-order valence-corrected chi connectivity index (χ1v) is 6.65. The highest BCUT2D eigenvalue weighted by atomic mass is 16.1. The third-order valence-electron chi connectivity index (χ3n) is 3.42. The van der Waals surface area contributed by atoms with Gasteiger partial charge in [0.2, 0.25) is 0 Å². The minimum absolute atomic E-state index is 0.104. The molecular formula is C15H22N2O. The number of aromatic nitrogens is 2. The number of nitrogens with zero attached hydrogens (tertiary/aromatic N) is 2. The van der Waals surface area contributed by atoms with E-state index < -0.39 is 0 Å². The Balaban J connectivity index is 2.21. The number of aryl methyl sites for hydroxylation is 2. The monoisotopic (exact) mass is 246 g/mol. The van der Waals surface area contributed by atoms with Crippen LogP contribution in [-0.4, -0.2) is 15.6 Å². The largest absolute Gasteiger partial charge is 0.295 e. The van der Waals surface area contributed by atoms with Gasteiger partial charge in [-0.2, -0.15) is 5.10 Å². The van der Waals surface area contributed by atoms with E-state index in [0.29, 0.717) is 6.42 Å². The lowest BCUT2D eigenvalue weighted by Gasteiger charge is -2.28. The van der Waals surface area contributed by atoms with E-state index in [-0.39, 0.29) is 11.2 Å². The first-order chi connectivity index (χ1) is 8.39. The van der Waals surface area contributed by atoms with Gasteiger partial charge < -0.3 is 0 Å². The van der Waals surface area contributed by atoms with Crippen molar-refractivity contribution in [1.82, 2.24) is 9.78 Å². The van der Waals surface area contributed by atoms with Crippen molar-refractivity contribution >= 4 is 5.78 Å². The van der Waals surface area contributed by atoms with Gasteiger partial charge >= 0.3 is 0 Å². The molecule has 0 amide bonds. The Labute approximate surface area is 109 Å². The van der Waals surface area contributed by atoms with Crippen molar-refractivity contribution in [3.05, 3.63) is 29.1 Å². The molecule has 0 saturated heterocycles. The summed E-state index contributed by atoms with van der Waals surface area (Å²) in [6, 6.07) is 2.12. The predicted octanol–water partition coefficient (Wildman–Crippen LogP) is 3.07. The van der Waals surface area contributed by atoms with Crippen LogP contribution in [0.5, 0.6) is 0 Å². The highest BCUT2D eigenvalue weighted by molar-refractivity contribution is 5.91. The van der Waals surface area contributed by atoms with Crippen molar-refractivity contribution in [3.63, 3.8) is 0 Å². The third kappa shape index (κ3) is 2.89. The Morgan fingerprint density at radius 3 is 2.72 bits per heavy atom. The van der Waals surface area contributed by atoms with Gasteiger partial charge in [0.05, 0.1) is 5.69 Å². The maximum Gasteiger partial charge on any atom is 0.156 e. The first-order valence-electron chi connectivity index (χ1n) is 6.65. The summed E-state index contributed by atoms with van der Waals surface area (Å²) in [5.74, 6) is 0.264. The minimum atomic E-state index is 0.104. The van der Waals surface area contributed by atoms with E-state index >= 15 is 0 Å². The molecule has 0 radical (unpaired) electrons. The number of carbonyl (C=O) groups excluding carboxylic acids is 1. The minimum Gasteiger partial charge on any atom is -0.295 e. The molecule has 1 heterocycles. The summed E-state index contributed by atoms with van der Waals surface area (Å²) >= 11 is 0. The Kier molecular flexibility index (Phi) is 3.42. The molecule has 0 aromatic carbocycles. The van der Waals surface area contributed by atoms with Crippen LogP contribution in [0.3, 0.4) is 0 Å². The van der Waals surface area contributed by atoms with Crippen LogP contribution in [0, 0.1) is 12.3 Å². The molecular weight excluding hydrogens is 224 g/mol. The quantitative estimate of drug-likeness (QED) is 0.821. The molecule has 0 N–H and O–H groups in total. The summed E-state index contributed by atoms with van der Waals surface area (Å²) in [4.78, 5) is 11.7. The first kappa shape index (κ1) is 13.1. The van der Waals surface area contributed by atoms with Crippen molar-refractivity contribution in [3.8, 4) is 0 Å². The van der Waals surface area contributed by atoms with Crippen molar-refractivity contribution < 1.29 is 4.79 Å². The van der Waals surface area contributed by atoms with Crippen LogP contribution < -0.4 is 0 Å². The van der Waals surface area contributed by atoms with E-state index in [1.165, 1.54) is 11.3 Å². The highest BCUT2D eigenvalue weighted by Gasteiger charge is 2.27. The fourth-order valence-corrected chi connectivity index (χ4v) is 2.84. The van der Waals surface area contributed by atoms with Crippen LogP contribution in [0.2, 0.25) is 0 Å². The number of hydrogen-bond donors (Lipinski definition) is 0. The summed E-state index contributed by atoms with van der Waals surface area (Å²) < 4.78 is 2.03. The molecule has 0 saturated carbocycles. The van der Waals surface area contributed by atoms with Gasteiger partial charge in [-0.25, -0.2) is 0 Å². The van der Waals surface area contributed by atoms with E-state index in [0.717, 1.165) is 25.1 Å². The lowest BCUT2D eigenvalue weighted by atomic mass is 9.76. The summed E-state index contributed by atoms with van der Waals surface area (Å²) in [5.41, 5.74) is 3.61. The van der Waals surface area contributed by atoms with Gasteiger partial charge in [0.15, 0.2) is 5.78 Å². The van der Waals surface area contributed by atoms with Crippen molar-refractivity contribution in [2.75, 3.05) is 0 Å². The van der Waals surface area contributed by atoms with E-state index in [1.54, 1.807) is 0 Å². The number of ketones is 1. The lowest BCUT2D eigenvalue weighted by molar-refractivity contribution is -0.117. The maximum atomic E-state index is 11.7. The van der Waals surface area contributed by atoms with Crippen LogP contribution in [-0.2, 0) is 17.8 Å². The van der Waals surface area contributed by atoms with E-state index in [9.17, 15) is 4.79 Å². The van der Waals surface area contributed by atoms with Gasteiger partial charge in [0.1, 0.15) is 0 Å². The number of allylic oxidation sites excluding steroid dienone is 2. The number of rotatable bonds is 3. The molecule has 3 heteroatoms. The average Bonchev–Trinajstić information content (AvgIpc) is 2.55. The van der Waals surface area contributed by atoms with Crippen LogP contribution in [0.4, 0.5) is 0 Å². The molecule has 1 aliphatic carbocycles. The fourth-order valence-electron chi connectivity index (χ4n) is 2.84. The zero-order chi connectivity index (χ0) is 13.3. The second kappa shape index (κ2) is 4.71. The van der Waals surface area contributed by atoms with Gasteiger partial charge in [-0.15, -0.1) is 0 Å². The smallest absolute Gasteiger partial charge is 0.156 e. The molecule has 1 aliphatic rings. The molecule has 2 rings (SSSR count). The molecule has 0 fully saturated rings. The van der Waals surface area contributed by atoms with E-state index in [4.69, 9.17) is 0 Å². The predicted molar refractivity (Wildman–Crippen MR) is 72.4 cm³/mol. The Bertz CT molecular complexity index is 495. The summed E-state index contributed by atoms with van der Waals surface area (Å²) in [6.45, 7) is 9.33. The van der Waals surface area contributed by atoms with Gasteiger partial charge in [0.25, 0.3) is 0 Å². The Hall–Kier alpha value is -1.38. The van der Waals surface area contributed by atoms with Gasteiger partial charge in [0, 0.05) is 25.1 Å². The molecule has 0 spiro atoms. The Morgan fingerprint density at radius 2 is 2.11 bits per heavy atom. The molecule has 0 bridgehead atoms. The highest BCUT2D eigenvalue weighted by Crippen LogP contribution is 2.34. The third-order valence-corrected chi connectivity index (χ3v) is 3.42. The fraction of sp³-hybridized carbons (Fsp3) is 0.600. The van der Waals surface area contributed by atoms with E-state index in [1.807, 2.05) is 17.7 Å². The topological polar surface area (TPSA) is 34.9 Å². The SMILES string of the molecule is CCn1nc(C)cc1CC1=CC(=O)CC(C)(C)C1. The average molecular weight is 246 g/mol. The van der Waals surface area contributed by atoms with Crippen LogP contribution >= 0.6 is 0 Å². The van der Waals surface area contributed by atoms with Gasteiger partial charge in [-0.05, 0) is 37.8 Å². The molecule has 98 valence electrons. The number of carbonyl (C=O) groups is 1. The number of hydrogen-bond acceptors (Lipinski definition) is 2. The van der Waals surface area contributed by atoms with Crippen LogP contribution in [0.1, 0.15) is 45.0 Å². The molecule has 3 nitrogen and oxygen atoms in total. The van der Waals surface area contributed by atoms with Crippen molar-refractivity contribution in [1.29, 1.82) is 0 Å². The van der Waals surface area contributed by atoms with Gasteiger partial charge in [-0.1, -0.05) is 19.4 Å². The molecule has 1 aromatic rings. The van der Waals surface area contributed by atoms with Crippen LogP contribution in [0.15, 0.2) is 17.7 Å². The molecule has 0 aliphatic heterocycles. The van der Waals surface area contributed by atoms with Crippen molar-refractivity contribution in [2.45, 2.75) is 53.5 Å². The van der Waals surface area contributed by atoms with Crippen molar-refractivity contribution in [2.24, 2.45) is 5.41 Å². The standard InChI is InChI=1S/C15H22N2O/c1-5-17-13(6-11(2)16-17)7-12-8-14(18)10-15(3,4)9-12/h6,8H,5,7,9-10H2,1-4H3. The summed E-state index contributed by atoms with van der Waals surface area (Å²) in [7, 11) is 0. The summed E-state index contributed by atoms with van der Waals surface area (Å²) in [6.07, 6.45) is 4.37. The zero-order valence-electron chi connectivity index (χ0n) is 11.8. The normalized spacial score (nSPS) is 18.9. The second-order valence-electron chi connectivity index (χ2n) is 6.06. The summed E-state index contributed by atoms with van der Waals surface area (Å²) in [5, 5.41) is 4.45.